The van der Waals surface area contributed by atoms with Gasteiger partial charge in [0.15, 0.2) is 11.5 Å². The maximum absolute atomic E-state index is 14.1. The molecule has 1 fully saturated rings. The maximum Gasteiger partial charge on any atom is 0.249 e. The molecule has 126 valence electrons. The summed E-state index contributed by atoms with van der Waals surface area (Å²) >= 11 is 0. The fourth-order valence-electron chi connectivity index (χ4n) is 3.92. The first-order chi connectivity index (χ1) is 11.3. The van der Waals surface area contributed by atoms with Crippen LogP contribution in [0, 0.1) is 5.92 Å². The Hall–Kier alpha value is -2.50. The standard InChI is InChI=1S/C18H16F2O4/c19-18(20)7-13-12-5-11(22)6-15(23)17(12)24-16(14(13)8-18)9-1-3-10(21)4-2-9/h1-6,13-14,16,21-23H,7-8H2/t13-,14-,16-/m0/s1. The lowest BCUT2D eigenvalue weighted by molar-refractivity contribution is -0.00242. The van der Waals surface area contributed by atoms with Crippen LogP contribution in [0.25, 0.3) is 0 Å². The van der Waals surface area contributed by atoms with Gasteiger partial charge in [-0.1, -0.05) is 12.1 Å². The molecule has 6 heteroatoms. The molecule has 1 aliphatic carbocycles. The van der Waals surface area contributed by atoms with E-state index < -0.39 is 23.9 Å². The first-order valence-electron chi connectivity index (χ1n) is 7.73. The number of hydrogen-bond acceptors (Lipinski definition) is 4. The average Bonchev–Trinajstić information content (AvgIpc) is 2.83. The van der Waals surface area contributed by atoms with E-state index in [1.54, 1.807) is 12.1 Å². The number of ether oxygens (including phenoxy) is 1. The van der Waals surface area contributed by atoms with Gasteiger partial charge in [-0.2, -0.15) is 0 Å². The number of phenolic OH excluding ortho intramolecular Hbond substituents is 3. The molecule has 0 aromatic heterocycles. The van der Waals surface area contributed by atoms with Gasteiger partial charge < -0.3 is 20.1 Å². The summed E-state index contributed by atoms with van der Waals surface area (Å²) in [4.78, 5) is 0. The highest BCUT2D eigenvalue weighted by molar-refractivity contribution is 5.54. The summed E-state index contributed by atoms with van der Waals surface area (Å²) in [5.41, 5.74) is 1.09. The topological polar surface area (TPSA) is 69.9 Å². The van der Waals surface area contributed by atoms with E-state index in [0.29, 0.717) is 11.1 Å². The van der Waals surface area contributed by atoms with Gasteiger partial charge in [-0.05, 0) is 23.8 Å². The monoisotopic (exact) mass is 334 g/mol. The van der Waals surface area contributed by atoms with Crippen LogP contribution in [0.3, 0.4) is 0 Å². The van der Waals surface area contributed by atoms with Gasteiger partial charge in [-0.15, -0.1) is 0 Å². The molecule has 3 atom stereocenters. The van der Waals surface area contributed by atoms with Crippen molar-refractivity contribution in [1.82, 2.24) is 0 Å². The smallest absolute Gasteiger partial charge is 0.249 e. The summed E-state index contributed by atoms with van der Waals surface area (Å²) in [5, 5.41) is 29.2. The molecule has 0 bridgehead atoms. The molecular weight excluding hydrogens is 318 g/mol. The minimum Gasteiger partial charge on any atom is -0.508 e. The highest BCUT2D eigenvalue weighted by Gasteiger charge is 2.54. The van der Waals surface area contributed by atoms with Gasteiger partial charge in [-0.3, -0.25) is 0 Å². The van der Waals surface area contributed by atoms with Gasteiger partial charge in [0.2, 0.25) is 5.92 Å². The second kappa shape index (κ2) is 5.00. The number of aromatic hydroxyl groups is 3. The first-order valence-corrected chi connectivity index (χ1v) is 7.73. The highest BCUT2D eigenvalue weighted by Crippen LogP contribution is 2.60. The largest absolute Gasteiger partial charge is 0.508 e. The van der Waals surface area contributed by atoms with Crippen LogP contribution >= 0.6 is 0 Å². The summed E-state index contributed by atoms with van der Waals surface area (Å²) in [6.45, 7) is 0. The average molecular weight is 334 g/mol. The minimum atomic E-state index is -2.82. The van der Waals surface area contributed by atoms with Gasteiger partial charge in [0.25, 0.3) is 0 Å². The number of phenols is 3. The van der Waals surface area contributed by atoms with Crippen molar-refractivity contribution in [2.24, 2.45) is 5.92 Å². The molecule has 4 rings (SSSR count). The van der Waals surface area contributed by atoms with E-state index in [1.165, 1.54) is 18.2 Å². The third kappa shape index (κ3) is 2.33. The molecule has 1 aliphatic heterocycles. The van der Waals surface area contributed by atoms with E-state index in [1.807, 2.05) is 0 Å². The molecular formula is C18H16F2O4. The molecule has 1 heterocycles. The van der Waals surface area contributed by atoms with Gasteiger partial charge in [-0.25, -0.2) is 8.78 Å². The van der Waals surface area contributed by atoms with Crippen LogP contribution < -0.4 is 4.74 Å². The fraction of sp³-hybridized carbons (Fsp3) is 0.333. The number of benzene rings is 2. The third-order valence-corrected chi connectivity index (χ3v) is 4.91. The van der Waals surface area contributed by atoms with E-state index in [4.69, 9.17) is 4.74 Å². The van der Waals surface area contributed by atoms with E-state index in [9.17, 15) is 24.1 Å². The molecule has 2 aromatic rings. The predicted molar refractivity (Wildman–Crippen MR) is 81.7 cm³/mol. The number of rotatable bonds is 1. The Labute approximate surface area is 136 Å². The molecule has 2 aliphatic rings. The Morgan fingerprint density at radius 3 is 2.38 bits per heavy atom. The maximum atomic E-state index is 14.1. The number of fused-ring (bicyclic) bond motifs is 3. The normalized spacial score (nSPS) is 27.2. The summed E-state index contributed by atoms with van der Waals surface area (Å²) < 4.78 is 34.0. The molecule has 0 amide bonds. The van der Waals surface area contributed by atoms with Crippen molar-refractivity contribution < 1.29 is 28.8 Å². The zero-order valence-corrected chi connectivity index (χ0v) is 12.6. The fourth-order valence-corrected chi connectivity index (χ4v) is 3.92. The summed E-state index contributed by atoms with van der Waals surface area (Å²) in [6.07, 6.45) is -1.31. The Morgan fingerprint density at radius 1 is 0.958 bits per heavy atom. The van der Waals surface area contributed by atoms with E-state index >= 15 is 0 Å². The van der Waals surface area contributed by atoms with Gasteiger partial charge in [0, 0.05) is 36.3 Å². The van der Waals surface area contributed by atoms with Crippen LogP contribution in [0.5, 0.6) is 23.0 Å². The van der Waals surface area contributed by atoms with Gasteiger partial charge in [0.1, 0.15) is 17.6 Å². The quantitative estimate of drug-likeness (QED) is 0.735. The lowest BCUT2D eigenvalue weighted by atomic mass is 9.80. The van der Waals surface area contributed by atoms with Crippen LogP contribution in [0.1, 0.15) is 36.0 Å². The molecule has 0 unspecified atom stereocenters. The predicted octanol–water partition coefficient (Wildman–Crippen LogP) is 4.07. The Bertz CT molecular complexity index is 788. The van der Waals surface area contributed by atoms with E-state index in [-0.39, 0.29) is 35.8 Å². The number of hydrogen-bond donors (Lipinski definition) is 3. The van der Waals surface area contributed by atoms with Crippen molar-refractivity contribution in [3.05, 3.63) is 47.5 Å². The minimum absolute atomic E-state index is 0.0797. The van der Waals surface area contributed by atoms with Crippen LogP contribution in [0.4, 0.5) is 8.78 Å². The SMILES string of the molecule is Oc1ccc([C@@H]2Oc3c(O)cc(O)cc3[C@@H]3CC(F)(F)C[C@@H]32)cc1. The van der Waals surface area contributed by atoms with Gasteiger partial charge >= 0.3 is 0 Å². The van der Waals surface area contributed by atoms with Crippen molar-refractivity contribution in [2.45, 2.75) is 30.8 Å². The van der Waals surface area contributed by atoms with Crippen LogP contribution in [0.2, 0.25) is 0 Å². The zero-order chi connectivity index (χ0) is 17.1. The van der Waals surface area contributed by atoms with Crippen molar-refractivity contribution >= 4 is 0 Å². The molecule has 2 aromatic carbocycles. The molecule has 0 spiro atoms. The van der Waals surface area contributed by atoms with Crippen LogP contribution in [0.15, 0.2) is 36.4 Å². The Kier molecular flexibility index (Phi) is 3.13. The van der Waals surface area contributed by atoms with Crippen molar-refractivity contribution in [3.8, 4) is 23.0 Å². The summed E-state index contributed by atoms with van der Waals surface area (Å²) in [7, 11) is 0. The van der Waals surface area contributed by atoms with Crippen LogP contribution in [-0.4, -0.2) is 21.2 Å². The molecule has 4 nitrogen and oxygen atoms in total. The molecule has 1 saturated carbocycles. The second-order valence-corrected chi connectivity index (χ2v) is 6.55. The molecule has 0 saturated heterocycles. The third-order valence-electron chi connectivity index (χ3n) is 4.91. The van der Waals surface area contributed by atoms with Crippen molar-refractivity contribution in [2.75, 3.05) is 0 Å². The molecule has 24 heavy (non-hydrogen) atoms. The Balaban J connectivity index is 1.83. The lowest BCUT2D eigenvalue weighted by Crippen LogP contribution is -2.27. The highest BCUT2D eigenvalue weighted by atomic mass is 19.3. The lowest BCUT2D eigenvalue weighted by Gasteiger charge is -2.36. The molecule has 3 N–H and O–H groups in total. The van der Waals surface area contributed by atoms with E-state index in [2.05, 4.69) is 0 Å². The van der Waals surface area contributed by atoms with E-state index in [0.717, 1.165) is 6.07 Å². The summed E-state index contributed by atoms with van der Waals surface area (Å²) in [5.74, 6) is -4.02. The zero-order valence-electron chi connectivity index (χ0n) is 12.6. The van der Waals surface area contributed by atoms with Crippen molar-refractivity contribution in [1.29, 1.82) is 0 Å². The van der Waals surface area contributed by atoms with Crippen molar-refractivity contribution in [3.63, 3.8) is 0 Å². The molecule has 0 radical (unpaired) electrons. The number of alkyl halides is 2. The first kappa shape index (κ1) is 15.1. The van der Waals surface area contributed by atoms with Crippen LogP contribution in [-0.2, 0) is 0 Å². The summed E-state index contributed by atoms with van der Waals surface area (Å²) in [6, 6.07) is 8.76. The number of halogens is 2. The van der Waals surface area contributed by atoms with Gasteiger partial charge in [0.05, 0.1) is 0 Å². The second-order valence-electron chi connectivity index (χ2n) is 6.55. The Morgan fingerprint density at radius 2 is 1.67 bits per heavy atom.